The molecule has 7 heteroatoms. The van der Waals surface area contributed by atoms with Crippen LogP contribution in [-0.4, -0.2) is 58.1 Å². The largest absolute Gasteiger partial charge is 0.336 e. The van der Waals surface area contributed by atoms with Gasteiger partial charge in [-0.3, -0.25) is 9.69 Å². The highest BCUT2D eigenvalue weighted by Crippen LogP contribution is 2.30. The van der Waals surface area contributed by atoms with Gasteiger partial charge in [0.1, 0.15) is 0 Å². The number of carbonyl (C=O) groups is 1. The van der Waals surface area contributed by atoms with Crippen molar-refractivity contribution in [2.24, 2.45) is 0 Å². The van der Waals surface area contributed by atoms with E-state index in [0.717, 1.165) is 38.2 Å². The average Bonchev–Trinajstić information content (AvgIpc) is 3.33. The smallest absolute Gasteiger partial charge is 0.259 e. The minimum absolute atomic E-state index is 0.0282. The Kier molecular flexibility index (Phi) is 4.33. The molecule has 1 atom stereocenters. The molecule has 0 saturated carbocycles. The van der Waals surface area contributed by atoms with E-state index in [4.69, 9.17) is 16.1 Å². The quantitative estimate of drug-likeness (QED) is 0.659. The molecule has 5 rings (SSSR count). The standard InChI is InChI=1S/C21H21ClN4O2/c1-13-19-17(21(27)26-10-9-25-8-2-3-16(25)12-26)11-18(23-20(19)28-24-13)14-4-6-15(22)7-5-14/h4-7,11,16H,2-3,8-10,12H2,1H3/t16-/m0/s1. The molecule has 0 spiro atoms. The van der Waals surface area contributed by atoms with Crippen LogP contribution in [0.3, 0.4) is 0 Å². The number of carbonyl (C=O) groups excluding carboxylic acids is 1. The van der Waals surface area contributed by atoms with Gasteiger partial charge in [0.15, 0.2) is 0 Å². The van der Waals surface area contributed by atoms with Crippen LogP contribution >= 0.6 is 11.6 Å². The predicted octanol–water partition coefficient (Wildman–Crippen LogP) is 3.77. The number of piperazine rings is 1. The van der Waals surface area contributed by atoms with Gasteiger partial charge in [0.25, 0.3) is 11.6 Å². The summed E-state index contributed by atoms with van der Waals surface area (Å²) in [6.45, 7) is 5.47. The zero-order chi connectivity index (χ0) is 19.3. The molecule has 1 amide bonds. The second-order valence-corrected chi connectivity index (χ2v) is 8.03. The Balaban J connectivity index is 1.56. The first-order chi connectivity index (χ1) is 13.6. The van der Waals surface area contributed by atoms with E-state index in [-0.39, 0.29) is 5.91 Å². The molecule has 4 heterocycles. The Morgan fingerprint density at radius 2 is 2.04 bits per heavy atom. The molecule has 3 aromatic rings. The van der Waals surface area contributed by atoms with Gasteiger partial charge in [0, 0.05) is 36.3 Å². The van der Waals surface area contributed by atoms with Crippen LogP contribution in [0.2, 0.25) is 5.02 Å². The average molecular weight is 397 g/mol. The number of aromatic nitrogens is 2. The van der Waals surface area contributed by atoms with E-state index >= 15 is 0 Å². The Morgan fingerprint density at radius 3 is 2.86 bits per heavy atom. The van der Waals surface area contributed by atoms with E-state index in [1.807, 2.05) is 42.2 Å². The number of benzene rings is 1. The topological polar surface area (TPSA) is 62.5 Å². The fourth-order valence-corrected chi connectivity index (χ4v) is 4.50. The third-order valence-corrected chi connectivity index (χ3v) is 6.11. The van der Waals surface area contributed by atoms with Gasteiger partial charge < -0.3 is 9.42 Å². The highest BCUT2D eigenvalue weighted by Gasteiger charge is 2.34. The summed E-state index contributed by atoms with van der Waals surface area (Å²) >= 11 is 6.01. The Morgan fingerprint density at radius 1 is 1.21 bits per heavy atom. The third-order valence-electron chi connectivity index (χ3n) is 5.86. The van der Waals surface area contributed by atoms with E-state index < -0.39 is 0 Å². The minimum atomic E-state index is 0.0282. The van der Waals surface area contributed by atoms with Crippen molar-refractivity contribution >= 4 is 28.6 Å². The summed E-state index contributed by atoms with van der Waals surface area (Å²) in [6.07, 6.45) is 2.38. The van der Waals surface area contributed by atoms with Crippen LogP contribution < -0.4 is 0 Å². The molecular formula is C21H21ClN4O2. The summed E-state index contributed by atoms with van der Waals surface area (Å²) in [5.41, 5.74) is 3.26. The van der Waals surface area contributed by atoms with E-state index in [2.05, 4.69) is 15.0 Å². The van der Waals surface area contributed by atoms with E-state index in [0.29, 0.717) is 39.1 Å². The SMILES string of the molecule is Cc1noc2nc(-c3ccc(Cl)cc3)cc(C(=O)N3CCN4CCC[C@H]4C3)c12. The monoisotopic (exact) mass is 396 g/mol. The van der Waals surface area contributed by atoms with Crippen LogP contribution in [0.5, 0.6) is 0 Å². The van der Waals surface area contributed by atoms with Gasteiger partial charge in [-0.1, -0.05) is 28.9 Å². The number of halogens is 1. The first kappa shape index (κ1) is 17.6. The lowest BCUT2D eigenvalue weighted by Gasteiger charge is -2.37. The Hall–Kier alpha value is -2.44. The number of aryl methyl sites for hydroxylation is 1. The molecule has 6 nitrogen and oxygen atoms in total. The van der Waals surface area contributed by atoms with Gasteiger partial charge in [0.05, 0.1) is 22.3 Å². The van der Waals surface area contributed by atoms with Gasteiger partial charge in [-0.25, -0.2) is 4.98 Å². The summed E-state index contributed by atoms with van der Waals surface area (Å²) in [5.74, 6) is 0.0282. The van der Waals surface area contributed by atoms with Crippen molar-refractivity contribution in [1.82, 2.24) is 19.9 Å². The number of rotatable bonds is 2. The van der Waals surface area contributed by atoms with Crippen molar-refractivity contribution in [2.45, 2.75) is 25.8 Å². The molecule has 2 saturated heterocycles. The molecule has 144 valence electrons. The number of hydrogen-bond acceptors (Lipinski definition) is 5. The van der Waals surface area contributed by atoms with Crippen LogP contribution in [0.1, 0.15) is 28.9 Å². The lowest BCUT2D eigenvalue weighted by Crippen LogP contribution is -2.52. The predicted molar refractivity (Wildman–Crippen MR) is 107 cm³/mol. The Labute approximate surface area is 168 Å². The summed E-state index contributed by atoms with van der Waals surface area (Å²) in [7, 11) is 0. The summed E-state index contributed by atoms with van der Waals surface area (Å²) < 4.78 is 5.42. The van der Waals surface area contributed by atoms with Gasteiger partial charge in [-0.05, 0) is 44.5 Å². The minimum Gasteiger partial charge on any atom is -0.336 e. The molecule has 0 bridgehead atoms. The molecule has 2 aliphatic heterocycles. The summed E-state index contributed by atoms with van der Waals surface area (Å²) in [5, 5.41) is 5.41. The first-order valence-electron chi connectivity index (χ1n) is 9.66. The Bertz CT molecular complexity index is 1050. The number of hydrogen-bond donors (Lipinski definition) is 0. The lowest BCUT2D eigenvalue weighted by molar-refractivity contribution is 0.0573. The van der Waals surface area contributed by atoms with Crippen molar-refractivity contribution in [1.29, 1.82) is 0 Å². The van der Waals surface area contributed by atoms with E-state index in [1.165, 1.54) is 6.42 Å². The molecular weight excluding hydrogens is 376 g/mol. The van der Waals surface area contributed by atoms with Crippen molar-refractivity contribution in [2.75, 3.05) is 26.2 Å². The van der Waals surface area contributed by atoms with Gasteiger partial charge >= 0.3 is 0 Å². The van der Waals surface area contributed by atoms with Crippen LogP contribution in [0.4, 0.5) is 0 Å². The zero-order valence-corrected chi connectivity index (χ0v) is 16.4. The number of pyridine rings is 1. The third kappa shape index (κ3) is 2.97. The summed E-state index contributed by atoms with van der Waals surface area (Å²) in [4.78, 5) is 22.5. The second-order valence-electron chi connectivity index (χ2n) is 7.59. The fourth-order valence-electron chi connectivity index (χ4n) is 4.38. The van der Waals surface area contributed by atoms with Crippen LogP contribution in [0.15, 0.2) is 34.9 Å². The van der Waals surface area contributed by atoms with E-state index in [1.54, 1.807) is 0 Å². The zero-order valence-electron chi connectivity index (χ0n) is 15.7. The molecule has 0 aliphatic carbocycles. The number of fused-ring (bicyclic) bond motifs is 2. The molecule has 2 fully saturated rings. The maximum atomic E-state index is 13.5. The van der Waals surface area contributed by atoms with Crippen molar-refractivity contribution in [3.8, 4) is 11.3 Å². The normalized spacial score (nSPS) is 19.9. The molecule has 2 aliphatic rings. The maximum absolute atomic E-state index is 13.5. The second kappa shape index (κ2) is 6.87. The summed E-state index contributed by atoms with van der Waals surface area (Å²) in [6, 6.07) is 9.76. The maximum Gasteiger partial charge on any atom is 0.259 e. The molecule has 28 heavy (non-hydrogen) atoms. The molecule has 1 aromatic carbocycles. The van der Waals surface area contributed by atoms with E-state index in [9.17, 15) is 4.79 Å². The fraction of sp³-hybridized carbons (Fsp3) is 0.381. The van der Waals surface area contributed by atoms with Crippen LogP contribution in [0, 0.1) is 6.92 Å². The molecule has 0 N–H and O–H groups in total. The van der Waals surface area contributed by atoms with Crippen LogP contribution in [-0.2, 0) is 0 Å². The van der Waals surface area contributed by atoms with Gasteiger partial charge in [0.2, 0.25) is 0 Å². The highest BCUT2D eigenvalue weighted by atomic mass is 35.5. The van der Waals surface area contributed by atoms with Gasteiger partial charge in [-0.2, -0.15) is 0 Å². The molecule has 0 radical (unpaired) electrons. The van der Waals surface area contributed by atoms with Gasteiger partial charge in [-0.15, -0.1) is 0 Å². The van der Waals surface area contributed by atoms with Crippen molar-refractivity contribution in [3.05, 3.63) is 46.6 Å². The van der Waals surface area contributed by atoms with Crippen molar-refractivity contribution < 1.29 is 9.32 Å². The first-order valence-corrected chi connectivity index (χ1v) is 10.0. The number of amides is 1. The lowest BCUT2D eigenvalue weighted by atomic mass is 10.0. The molecule has 2 aromatic heterocycles. The number of nitrogens with zero attached hydrogens (tertiary/aromatic N) is 4. The van der Waals surface area contributed by atoms with Crippen molar-refractivity contribution in [3.63, 3.8) is 0 Å². The highest BCUT2D eigenvalue weighted by molar-refractivity contribution is 6.30. The van der Waals surface area contributed by atoms with Crippen LogP contribution in [0.25, 0.3) is 22.4 Å². The molecule has 0 unspecified atom stereocenters.